The molecule has 0 saturated heterocycles. The van der Waals surface area contributed by atoms with Crippen LogP contribution >= 0.6 is 0 Å². The molecule has 0 amide bonds. The molecule has 0 aromatic carbocycles. The Bertz CT molecular complexity index is 496. The van der Waals surface area contributed by atoms with Gasteiger partial charge < -0.3 is 36.1 Å². The van der Waals surface area contributed by atoms with Gasteiger partial charge in [-0.2, -0.15) is 0 Å². The average molecular weight is 361 g/mol. The van der Waals surface area contributed by atoms with Crippen molar-refractivity contribution >= 4 is 5.78 Å². The van der Waals surface area contributed by atoms with Crippen LogP contribution in [0.4, 0.5) is 0 Å². The van der Waals surface area contributed by atoms with Crippen LogP contribution in [0, 0.1) is 13.8 Å². The van der Waals surface area contributed by atoms with Crippen LogP contribution in [0.1, 0.15) is 18.4 Å². The second-order valence-corrected chi connectivity index (χ2v) is 4.70. The molecule has 2 aromatic heterocycles. The number of aliphatic hydroxyl groups excluding tert-OH is 4. The molecule has 8 N–H and O–H groups in total. The molecule has 2 heterocycles. The van der Waals surface area contributed by atoms with Gasteiger partial charge in [-0.05, 0) is 20.8 Å². The number of hydrogen-bond acceptors (Lipinski definition) is 8. The fraction of sp³-hybridized carbons (Fsp3) is 0.533. The highest BCUT2D eigenvalue weighted by molar-refractivity contribution is 5.76. The van der Waals surface area contributed by atoms with Crippen molar-refractivity contribution in [1.29, 1.82) is 0 Å². The van der Waals surface area contributed by atoms with Crippen molar-refractivity contribution < 1.29 is 25.2 Å². The molecule has 0 unspecified atom stereocenters. The first-order valence-electron chi connectivity index (χ1n) is 7.17. The number of aromatic nitrogens is 4. The highest BCUT2D eigenvalue weighted by Crippen LogP contribution is 1.87. The number of ketones is 1. The summed E-state index contributed by atoms with van der Waals surface area (Å²) in [6.45, 7) is 4.21. The van der Waals surface area contributed by atoms with Crippen LogP contribution in [0.15, 0.2) is 24.9 Å². The third-order valence-corrected chi connectivity index (χ3v) is 2.34. The number of aliphatic hydroxyl groups is 4. The average Bonchev–Trinajstić information content (AvgIpc) is 3.20. The lowest BCUT2D eigenvalue weighted by molar-refractivity contribution is -0.119. The first-order valence-corrected chi connectivity index (χ1v) is 7.17. The van der Waals surface area contributed by atoms with Crippen LogP contribution in [0.5, 0.6) is 0 Å². The van der Waals surface area contributed by atoms with E-state index in [1.807, 2.05) is 31.7 Å². The molecule has 2 rings (SSSR count). The molecule has 0 bridgehead atoms. The van der Waals surface area contributed by atoms with Crippen LogP contribution in [0.2, 0.25) is 0 Å². The fourth-order valence-corrected chi connectivity index (χ4v) is 0.823. The second kappa shape index (κ2) is 18.2. The Labute approximate surface area is 147 Å². The molecule has 2 aromatic rings. The summed E-state index contributed by atoms with van der Waals surface area (Å²) in [5.74, 6) is 0.866. The Morgan fingerprint density at radius 3 is 1.88 bits per heavy atom. The number of aromatic amines is 1. The van der Waals surface area contributed by atoms with Gasteiger partial charge in [-0.15, -0.1) is 0 Å². The number of carbonyl (C=O) groups is 1. The van der Waals surface area contributed by atoms with Crippen molar-refractivity contribution in [1.82, 2.24) is 25.7 Å². The molecule has 0 spiro atoms. The lowest BCUT2D eigenvalue weighted by atomic mass is 10.4. The van der Waals surface area contributed by atoms with E-state index >= 15 is 0 Å². The van der Waals surface area contributed by atoms with E-state index in [0.717, 1.165) is 11.5 Å². The molecular weight excluding hydrogens is 330 g/mol. The first-order chi connectivity index (χ1) is 11.3. The lowest BCUT2D eigenvalue weighted by Gasteiger charge is -1.96. The molecular formula is C15H31N5O5. The van der Waals surface area contributed by atoms with Crippen molar-refractivity contribution in [3.8, 4) is 0 Å². The van der Waals surface area contributed by atoms with Gasteiger partial charge in [0.05, 0.1) is 19.5 Å². The highest BCUT2D eigenvalue weighted by atomic mass is 16.3. The quantitative estimate of drug-likeness (QED) is 0.423. The van der Waals surface area contributed by atoms with Gasteiger partial charge in [-0.25, -0.2) is 9.97 Å². The van der Waals surface area contributed by atoms with E-state index in [0.29, 0.717) is 0 Å². The van der Waals surface area contributed by atoms with E-state index in [1.165, 1.54) is 6.92 Å². The third kappa shape index (κ3) is 19.8. The first kappa shape index (κ1) is 27.7. The van der Waals surface area contributed by atoms with Gasteiger partial charge in [0.2, 0.25) is 0 Å². The van der Waals surface area contributed by atoms with Crippen LogP contribution < -0.4 is 6.15 Å². The second-order valence-electron chi connectivity index (χ2n) is 4.70. The van der Waals surface area contributed by atoms with Crippen molar-refractivity contribution in [3.63, 3.8) is 0 Å². The summed E-state index contributed by atoms with van der Waals surface area (Å²) >= 11 is 0. The van der Waals surface area contributed by atoms with Crippen LogP contribution in [-0.2, 0) is 11.8 Å². The predicted molar refractivity (Wildman–Crippen MR) is 94.2 cm³/mol. The van der Waals surface area contributed by atoms with E-state index < -0.39 is 6.10 Å². The SMILES string of the molecule is CC(=O)CO.Cc1cnc[nH]1.Cc1nccn1C.N.OCC(O)CO. The summed E-state index contributed by atoms with van der Waals surface area (Å²) in [5, 5.41) is 31.8. The largest absolute Gasteiger partial charge is 0.394 e. The Morgan fingerprint density at radius 1 is 1.28 bits per heavy atom. The molecule has 0 aliphatic rings. The van der Waals surface area contributed by atoms with Gasteiger partial charge in [-0.1, -0.05) is 0 Å². The maximum Gasteiger partial charge on any atom is 0.155 e. The molecule has 25 heavy (non-hydrogen) atoms. The summed E-state index contributed by atoms with van der Waals surface area (Å²) < 4.78 is 1.97. The molecule has 0 aliphatic heterocycles. The number of hydrogen-bond donors (Lipinski definition) is 6. The van der Waals surface area contributed by atoms with Gasteiger partial charge >= 0.3 is 0 Å². The summed E-state index contributed by atoms with van der Waals surface area (Å²) in [6, 6.07) is 0. The minimum atomic E-state index is -0.954. The Hall–Kier alpha value is -2.11. The smallest absolute Gasteiger partial charge is 0.155 e. The molecule has 0 aliphatic carbocycles. The number of carbonyl (C=O) groups excluding carboxylic acids is 1. The highest BCUT2D eigenvalue weighted by Gasteiger charge is 1.93. The fourth-order valence-electron chi connectivity index (χ4n) is 0.823. The van der Waals surface area contributed by atoms with E-state index in [-0.39, 0.29) is 31.8 Å². The zero-order valence-electron chi connectivity index (χ0n) is 15.3. The summed E-state index contributed by atoms with van der Waals surface area (Å²) in [7, 11) is 1.97. The zero-order chi connectivity index (χ0) is 19.0. The Morgan fingerprint density at radius 2 is 1.80 bits per heavy atom. The number of nitrogens with zero attached hydrogens (tertiary/aromatic N) is 3. The van der Waals surface area contributed by atoms with Crippen LogP contribution in [0.3, 0.4) is 0 Å². The molecule has 10 heteroatoms. The lowest BCUT2D eigenvalue weighted by Crippen LogP contribution is -2.15. The molecule has 0 radical (unpaired) electrons. The Kier molecular flexibility index (Phi) is 20.2. The van der Waals surface area contributed by atoms with E-state index in [1.54, 1.807) is 18.7 Å². The molecule has 0 fully saturated rings. The number of nitrogens with one attached hydrogen (secondary N) is 1. The van der Waals surface area contributed by atoms with Gasteiger partial charge in [0, 0.05) is 31.3 Å². The molecule has 0 atom stereocenters. The van der Waals surface area contributed by atoms with Crippen molar-refractivity contribution in [2.75, 3.05) is 19.8 Å². The van der Waals surface area contributed by atoms with Gasteiger partial charge in [0.15, 0.2) is 5.78 Å². The van der Waals surface area contributed by atoms with Gasteiger partial charge in [0.25, 0.3) is 0 Å². The van der Waals surface area contributed by atoms with Gasteiger partial charge in [-0.3, -0.25) is 4.79 Å². The maximum atomic E-state index is 9.56. The minimum Gasteiger partial charge on any atom is -0.394 e. The summed E-state index contributed by atoms with van der Waals surface area (Å²) in [6.07, 6.45) is 6.20. The number of imidazole rings is 2. The van der Waals surface area contributed by atoms with Gasteiger partial charge in [0.1, 0.15) is 18.5 Å². The minimum absolute atomic E-state index is 0. The summed E-state index contributed by atoms with van der Waals surface area (Å²) in [4.78, 5) is 20.2. The van der Waals surface area contributed by atoms with Crippen molar-refractivity contribution in [3.05, 3.63) is 36.4 Å². The maximum absolute atomic E-state index is 9.56. The number of Topliss-reactive ketones (excluding diaryl/α,β-unsaturated/α-hetero) is 1. The predicted octanol–water partition coefficient (Wildman–Crippen LogP) is -0.492. The number of rotatable bonds is 3. The standard InChI is InChI=1S/C5H8N2.C4H6N2.C3H8O3.C3H6O2.H3N/c1-5-6-3-4-7(5)2;1-4-2-5-3-6-4;4-1-3(6)2-5;1-3(5)2-4;/h3-4H,1-2H3;2-3H,1H3,(H,5,6);3-6H,1-2H2;4H,2H2,1H3;1H3. The zero-order valence-corrected chi connectivity index (χ0v) is 15.3. The molecule has 10 nitrogen and oxygen atoms in total. The summed E-state index contributed by atoms with van der Waals surface area (Å²) in [5.41, 5.74) is 1.11. The van der Waals surface area contributed by atoms with E-state index in [2.05, 4.69) is 15.0 Å². The molecule has 0 saturated carbocycles. The number of H-pyrrole nitrogens is 1. The third-order valence-electron chi connectivity index (χ3n) is 2.34. The monoisotopic (exact) mass is 361 g/mol. The molecule has 146 valence electrons. The van der Waals surface area contributed by atoms with E-state index in [9.17, 15) is 4.79 Å². The van der Waals surface area contributed by atoms with Crippen LogP contribution in [-0.4, -0.2) is 71.7 Å². The normalized spacial score (nSPS) is 8.68. The van der Waals surface area contributed by atoms with Crippen molar-refractivity contribution in [2.24, 2.45) is 7.05 Å². The van der Waals surface area contributed by atoms with Crippen LogP contribution in [0.25, 0.3) is 0 Å². The number of aryl methyl sites for hydroxylation is 3. The van der Waals surface area contributed by atoms with E-state index in [4.69, 9.17) is 20.4 Å². The topological polar surface area (TPSA) is 179 Å². The van der Waals surface area contributed by atoms with Crippen molar-refractivity contribution in [2.45, 2.75) is 26.9 Å². The Balaban J connectivity index is -0.000000257.